The van der Waals surface area contributed by atoms with Gasteiger partial charge in [-0.3, -0.25) is 9.69 Å². The van der Waals surface area contributed by atoms with Gasteiger partial charge in [-0.1, -0.05) is 0 Å². The molecule has 0 radical (unpaired) electrons. The summed E-state index contributed by atoms with van der Waals surface area (Å²) in [6, 6.07) is -0.552. The van der Waals surface area contributed by atoms with Crippen LogP contribution in [0.15, 0.2) is 0 Å². The third-order valence-corrected chi connectivity index (χ3v) is 3.55. The van der Waals surface area contributed by atoms with Crippen LogP contribution in [-0.4, -0.2) is 38.6 Å². The van der Waals surface area contributed by atoms with Crippen molar-refractivity contribution in [2.24, 2.45) is 7.05 Å². The quantitative estimate of drug-likeness (QED) is 0.859. The maximum Gasteiger partial charge on any atom is 0.327 e. The molecular formula is C12H19N3O2. The van der Waals surface area contributed by atoms with Crippen LogP contribution in [0, 0.1) is 13.8 Å². The van der Waals surface area contributed by atoms with E-state index in [0.717, 1.165) is 43.1 Å². The molecule has 5 nitrogen and oxygen atoms in total. The number of imidazole rings is 1. The van der Waals surface area contributed by atoms with E-state index >= 15 is 0 Å². The molecule has 0 saturated carbocycles. The van der Waals surface area contributed by atoms with Crippen molar-refractivity contribution in [1.82, 2.24) is 14.5 Å². The van der Waals surface area contributed by atoms with Crippen LogP contribution in [0.3, 0.4) is 0 Å². The number of carbonyl (C=O) groups is 1. The first-order valence-corrected chi connectivity index (χ1v) is 5.99. The Labute approximate surface area is 101 Å². The van der Waals surface area contributed by atoms with Gasteiger partial charge < -0.3 is 9.67 Å². The van der Waals surface area contributed by atoms with Gasteiger partial charge >= 0.3 is 5.97 Å². The molecule has 1 unspecified atom stereocenters. The van der Waals surface area contributed by atoms with E-state index in [2.05, 4.69) is 4.98 Å². The predicted octanol–water partition coefficient (Wildman–Crippen LogP) is 1.26. The number of aryl methyl sites for hydroxylation is 2. The summed E-state index contributed by atoms with van der Waals surface area (Å²) in [5, 5.41) is 9.46. The van der Waals surface area contributed by atoms with Crippen molar-refractivity contribution in [2.45, 2.75) is 32.7 Å². The topological polar surface area (TPSA) is 58.4 Å². The van der Waals surface area contributed by atoms with Gasteiger partial charge in [0.15, 0.2) is 6.04 Å². The number of aliphatic carboxylic acids is 1. The van der Waals surface area contributed by atoms with Crippen molar-refractivity contribution in [1.29, 1.82) is 0 Å². The third kappa shape index (κ3) is 2.07. The van der Waals surface area contributed by atoms with E-state index in [4.69, 9.17) is 0 Å². The standard InChI is InChI=1S/C12H19N3O2/c1-8-10(14(3)9(2)13-8)11(12(16)17)15-6-4-5-7-15/h11H,4-7H2,1-3H3,(H,16,17). The van der Waals surface area contributed by atoms with Gasteiger partial charge in [0.2, 0.25) is 0 Å². The van der Waals surface area contributed by atoms with Gasteiger partial charge in [-0.15, -0.1) is 0 Å². The zero-order valence-electron chi connectivity index (χ0n) is 10.6. The molecule has 2 heterocycles. The highest BCUT2D eigenvalue weighted by Crippen LogP contribution is 2.27. The van der Waals surface area contributed by atoms with Crippen molar-refractivity contribution < 1.29 is 9.90 Å². The second kappa shape index (κ2) is 4.49. The number of carboxylic acids is 1. The number of hydrogen-bond acceptors (Lipinski definition) is 3. The maximum atomic E-state index is 11.5. The first-order chi connectivity index (χ1) is 8.02. The van der Waals surface area contributed by atoms with E-state index in [-0.39, 0.29) is 0 Å². The van der Waals surface area contributed by atoms with E-state index in [1.807, 2.05) is 30.4 Å². The molecule has 1 fully saturated rings. The van der Waals surface area contributed by atoms with Crippen molar-refractivity contribution in [3.63, 3.8) is 0 Å². The predicted molar refractivity (Wildman–Crippen MR) is 63.9 cm³/mol. The SMILES string of the molecule is Cc1nc(C)n(C)c1C(C(=O)O)N1CCCC1. The second-order valence-corrected chi connectivity index (χ2v) is 4.67. The molecule has 1 aliphatic heterocycles. The van der Waals surface area contributed by atoms with Gasteiger partial charge in [0.05, 0.1) is 11.4 Å². The van der Waals surface area contributed by atoms with Crippen LogP contribution in [0.4, 0.5) is 0 Å². The van der Waals surface area contributed by atoms with Gasteiger partial charge in [-0.2, -0.15) is 0 Å². The van der Waals surface area contributed by atoms with E-state index in [1.54, 1.807) is 0 Å². The monoisotopic (exact) mass is 237 g/mol. The third-order valence-electron chi connectivity index (χ3n) is 3.55. The molecule has 17 heavy (non-hydrogen) atoms. The van der Waals surface area contributed by atoms with Gasteiger partial charge in [0.1, 0.15) is 5.82 Å². The fourth-order valence-electron chi connectivity index (χ4n) is 2.62. The molecule has 1 aliphatic rings. The summed E-state index contributed by atoms with van der Waals surface area (Å²) in [5.74, 6) is 0.0842. The highest BCUT2D eigenvalue weighted by Gasteiger charge is 2.33. The van der Waals surface area contributed by atoms with Gasteiger partial charge in [-0.25, -0.2) is 4.98 Å². The molecule has 1 aromatic heterocycles. The number of nitrogens with zero attached hydrogens (tertiary/aromatic N) is 3. The number of aromatic nitrogens is 2. The average molecular weight is 237 g/mol. The van der Waals surface area contributed by atoms with Crippen molar-refractivity contribution >= 4 is 5.97 Å². The lowest BCUT2D eigenvalue weighted by Crippen LogP contribution is -2.33. The van der Waals surface area contributed by atoms with Gasteiger partial charge in [0.25, 0.3) is 0 Å². The fourth-order valence-corrected chi connectivity index (χ4v) is 2.62. The van der Waals surface area contributed by atoms with Crippen LogP contribution >= 0.6 is 0 Å². The Balaban J connectivity index is 2.41. The number of rotatable bonds is 3. The van der Waals surface area contributed by atoms with Gasteiger partial charge in [-0.05, 0) is 39.8 Å². The van der Waals surface area contributed by atoms with Gasteiger partial charge in [0, 0.05) is 7.05 Å². The molecular weight excluding hydrogens is 218 g/mol. The van der Waals surface area contributed by atoms with Crippen molar-refractivity contribution in [3.05, 3.63) is 17.2 Å². The van der Waals surface area contributed by atoms with E-state index < -0.39 is 12.0 Å². The molecule has 94 valence electrons. The lowest BCUT2D eigenvalue weighted by atomic mass is 10.1. The highest BCUT2D eigenvalue weighted by molar-refractivity contribution is 5.75. The highest BCUT2D eigenvalue weighted by atomic mass is 16.4. The van der Waals surface area contributed by atoms with E-state index in [1.165, 1.54) is 0 Å². The lowest BCUT2D eigenvalue weighted by Gasteiger charge is -2.24. The molecule has 0 aliphatic carbocycles. The Hall–Kier alpha value is -1.36. The molecule has 0 amide bonds. The Morgan fingerprint density at radius 1 is 1.35 bits per heavy atom. The number of carboxylic acid groups (broad SMARTS) is 1. The van der Waals surface area contributed by atoms with Crippen LogP contribution in [0.5, 0.6) is 0 Å². The van der Waals surface area contributed by atoms with Crippen LogP contribution in [-0.2, 0) is 11.8 Å². The number of likely N-dealkylation sites (tertiary alicyclic amines) is 1. The van der Waals surface area contributed by atoms with E-state index in [9.17, 15) is 9.90 Å². The number of hydrogen-bond donors (Lipinski definition) is 1. The lowest BCUT2D eigenvalue weighted by molar-refractivity contribution is -0.143. The summed E-state index contributed by atoms with van der Waals surface area (Å²) < 4.78 is 1.90. The zero-order chi connectivity index (χ0) is 12.6. The van der Waals surface area contributed by atoms with Crippen molar-refractivity contribution in [3.8, 4) is 0 Å². The van der Waals surface area contributed by atoms with Crippen LogP contribution < -0.4 is 0 Å². The normalized spacial score (nSPS) is 18.5. The minimum atomic E-state index is -0.780. The first-order valence-electron chi connectivity index (χ1n) is 5.99. The fraction of sp³-hybridized carbons (Fsp3) is 0.667. The Bertz CT molecular complexity index is 433. The molecule has 0 spiro atoms. The minimum Gasteiger partial charge on any atom is -0.480 e. The summed E-state index contributed by atoms with van der Waals surface area (Å²) in [7, 11) is 1.89. The second-order valence-electron chi connectivity index (χ2n) is 4.67. The largest absolute Gasteiger partial charge is 0.480 e. The molecule has 1 atom stereocenters. The molecule has 2 rings (SSSR count). The molecule has 5 heteroatoms. The Morgan fingerprint density at radius 3 is 2.35 bits per heavy atom. The van der Waals surface area contributed by atoms with Crippen molar-refractivity contribution in [2.75, 3.05) is 13.1 Å². The van der Waals surface area contributed by atoms with Crippen LogP contribution in [0.1, 0.15) is 36.1 Å². The molecule has 1 aromatic rings. The maximum absolute atomic E-state index is 11.5. The van der Waals surface area contributed by atoms with E-state index in [0.29, 0.717) is 0 Å². The molecule has 1 N–H and O–H groups in total. The zero-order valence-corrected chi connectivity index (χ0v) is 10.6. The Morgan fingerprint density at radius 2 is 1.94 bits per heavy atom. The first kappa shape index (κ1) is 12.1. The Kier molecular flexibility index (Phi) is 3.19. The average Bonchev–Trinajstić information content (AvgIpc) is 2.83. The summed E-state index contributed by atoms with van der Waals surface area (Å²) in [6.45, 7) is 5.51. The smallest absolute Gasteiger partial charge is 0.327 e. The summed E-state index contributed by atoms with van der Waals surface area (Å²) in [4.78, 5) is 17.9. The molecule has 1 saturated heterocycles. The van der Waals surface area contributed by atoms with Crippen LogP contribution in [0.2, 0.25) is 0 Å². The molecule has 0 bridgehead atoms. The minimum absolute atomic E-state index is 0.552. The molecule has 0 aromatic carbocycles. The van der Waals surface area contributed by atoms with Crippen LogP contribution in [0.25, 0.3) is 0 Å². The summed E-state index contributed by atoms with van der Waals surface area (Å²) >= 11 is 0. The summed E-state index contributed by atoms with van der Waals surface area (Å²) in [6.07, 6.45) is 2.17. The summed E-state index contributed by atoms with van der Waals surface area (Å²) in [5.41, 5.74) is 1.64.